The lowest BCUT2D eigenvalue weighted by Gasteiger charge is -2.19. The normalized spacial score (nSPS) is 10.7. The van der Waals surface area contributed by atoms with Crippen molar-refractivity contribution in [2.75, 3.05) is 11.5 Å². The van der Waals surface area contributed by atoms with Gasteiger partial charge in [-0.1, -0.05) is 115 Å². The van der Waals surface area contributed by atoms with Gasteiger partial charge in [-0.05, 0) is 39.0 Å². The van der Waals surface area contributed by atoms with E-state index in [9.17, 15) is 9.59 Å². The van der Waals surface area contributed by atoms with Crippen LogP contribution in [0.3, 0.4) is 0 Å². The van der Waals surface area contributed by atoms with Crippen LogP contribution in [0.15, 0.2) is 115 Å². The van der Waals surface area contributed by atoms with Crippen molar-refractivity contribution >= 4 is 46.6 Å². The molecule has 0 aliphatic carbocycles. The lowest BCUT2D eigenvalue weighted by molar-refractivity contribution is -0.134. The summed E-state index contributed by atoms with van der Waals surface area (Å²) < 4.78 is -0.298. The second-order valence-electron chi connectivity index (χ2n) is 8.21. The first-order valence-electron chi connectivity index (χ1n) is 11.7. The van der Waals surface area contributed by atoms with E-state index in [1.807, 2.05) is 78.9 Å². The third kappa shape index (κ3) is 7.15. The van der Waals surface area contributed by atoms with Gasteiger partial charge >= 0.3 is 11.9 Å². The molecule has 0 saturated carbocycles. The van der Waals surface area contributed by atoms with Crippen molar-refractivity contribution in [3.63, 3.8) is 0 Å². The van der Waals surface area contributed by atoms with Crippen LogP contribution in [0.4, 0.5) is 0 Å². The van der Waals surface area contributed by atoms with E-state index in [-0.39, 0.29) is 16.1 Å². The van der Waals surface area contributed by atoms with Gasteiger partial charge in [0.25, 0.3) is 0 Å². The molecule has 0 heterocycles. The molecule has 186 valence electrons. The summed E-state index contributed by atoms with van der Waals surface area (Å²) in [5.41, 5.74) is 7.37. The molecule has 4 aromatic carbocycles. The molecule has 0 aliphatic heterocycles. The Morgan fingerprint density at radius 3 is 1.16 bits per heavy atom. The first kappa shape index (κ1) is 26.3. The highest BCUT2D eigenvalue weighted by atomic mass is 32.2. The van der Waals surface area contributed by atoms with Crippen molar-refractivity contribution in [2.24, 2.45) is 0 Å². The van der Waals surface area contributed by atoms with Gasteiger partial charge in [0.05, 0.1) is 16.1 Å². The number of hydrogen-bond acceptors (Lipinski definition) is 4. The average Bonchev–Trinajstić information content (AvgIpc) is 2.93. The van der Waals surface area contributed by atoms with E-state index < -0.39 is 11.9 Å². The quantitative estimate of drug-likeness (QED) is 0.157. The summed E-state index contributed by atoms with van der Waals surface area (Å²) in [7, 11) is 0. The molecule has 0 aromatic heterocycles. The Morgan fingerprint density at radius 1 is 0.514 bits per heavy atom. The Morgan fingerprint density at radius 2 is 0.838 bits per heavy atom. The number of aliphatic carboxylic acids is 2. The minimum atomic E-state index is -0.924. The molecule has 0 atom stereocenters. The Bertz CT molecular complexity index is 1290. The third-order valence-electron chi connectivity index (χ3n) is 5.63. The van der Waals surface area contributed by atoms with Crippen molar-refractivity contribution in [1.29, 1.82) is 0 Å². The summed E-state index contributed by atoms with van der Waals surface area (Å²) in [6.45, 7) is 0. The molecule has 0 unspecified atom stereocenters. The zero-order chi connectivity index (χ0) is 26.0. The zero-order valence-corrected chi connectivity index (χ0v) is 21.6. The highest BCUT2D eigenvalue weighted by molar-refractivity contribution is 8.16. The Kier molecular flexibility index (Phi) is 9.24. The van der Waals surface area contributed by atoms with Gasteiger partial charge < -0.3 is 10.2 Å². The maximum atomic E-state index is 11.2. The number of hydrogen-bond donors (Lipinski definition) is 2. The van der Waals surface area contributed by atoms with Crippen molar-refractivity contribution < 1.29 is 19.8 Å². The number of thioether (sulfide) groups is 2. The minimum absolute atomic E-state index is 0.0969. The van der Waals surface area contributed by atoms with Crippen molar-refractivity contribution in [3.05, 3.63) is 143 Å². The topological polar surface area (TPSA) is 74.6 Å². The summed E-state index contributed by atoms with van der Waals surface area (Å²) in [6.07, 6.45) is 0. The standard InChI is InChI=1S/C31H26O4S2/c32-27(33)20-36-31(37-21-28(34)35)26-18-16-25(17-19-26)30(24-14-8-3-9-15-24)29(22-10-4-1-5-11-22)23-12-6-2-7-13-23/h1-19,31H,20-21H2,(H,32,33)(H,34,35). The van der Waals surface area contributed by atoms with Gasteiger partial charge in [0, 0.05) is 0 Å². The third-order valence-corrected chi connectivity index (χ3v) is 8.42. The van der Waals surface area contributed by atoms with Crippen LogP contribution in [-0.4, -0.2) is 33.7 Å². The molecule has 37 heavy (non-hydrogen) atoms. The highest BCUT2D eigenvalue weighted by Gasteiger charge is 2.19. The Hall–Kier alpha value is -3.74. The summed E-state index contributed by atoms with van der Waals surface area (Å²) in [4.78, 5) is 22.3. The molecule has 0 amide bonds. The van der Waals surface area contributed by atoms with Crippen LogP contribution in [0.2, 0.25) is 0 Å². The van der Waals surface area contributed by atoms with Gasteiger partial charge in [0.1, 0.15) is 0 Å². The fourth-order valence-electron chi connectivity index (χ4n) is 4.07. The Labute approximate surface area is 225 Å². The molecule has 0 radical (unpaired) electrons. The van der Waals surface area contributed by atoms with Crippen LogP contribution >= 0.6 is 23.5 Å². The van der Waals surface area contributed by atoms with E-state index in [1.165, 1.54) is 23.5 Å². The van der Waals surface area contributed by atoms with Gasteiger partial charge in [0.2, 0.25) is 0 Å². The summed E-state index contributed by atoms with van der Waals surface area (Å²) in [5.74, 6) is -2.04. The van der Waals surface area contributed by atoms with Gasteiger partial charge in [0.15, 0.2) is 0 Å². The van der Waals surface area contributed by atoms with Crippen LogP contribution < -0.4 is 0 Å². The highest BCUT2D eigenvalue weighted by Crippen LogP contribution is 2.41. The molecule has 0 bridgehead atoms. The number of carboxylic acids is 2. The summed E-state index contributed by atoms with van der Waals surface area (Å²) in [5, 5.41) is 18.3. The van der Waals surface area contributed by atoms with E-state index in [4.69, 9.17) is 10.2 Å². The van der Waals surface area contributed by atoms with Crippen molar-refractivity contribution in [1.82, 2.24) is 0 Å². The number of carboxylic acid groups (broad SMARTS) is 2. The molecule has 0 fully saturated rings. The first-order valence-corrected chi connectivity index (χ1v) is 13.8. The molecular formula is C31H26O4S2. The van der Waals surface area contributed by atoms with Crippen LogP contribution in [0.5, 0.6) is 0 Å². The largest absolute Gasteiger partial charge is 0.481 e. The molecule has 4 rings (SSSR count). The van der Waals surface area contributed by atoms with Gasteiger partial charge in [-0.3, -0.25) is 9.59 Å². The molecule has 0 spiro atoms. The maximum Gasteiger partial charge on any atom is 0.313 e. The van der Waals surface area contributed by atoms with E-state index in [0.29, 0.717) is 0 Å². The molecule has 0 saturated heterocycles. The molecule has 4 nitrogen and oxygen atoms in total. The molecule has 0 aliphatic rings. The second-order valence-corrected chi connectivity index (χ2v) is 10.7. The molecule has 6 heteroatoms. The second kappa shape index (κ2) is 13.0. The molecule has 2 N–H and O–H groups in total. The van der Waals surface area contributed by atoms with Crippen LogP contribution in [0.25, 0.3) is 11.1 Å². The van der Waals surface area contributed by atoms with Crippen LogP contribution in [0.1, 0.15) is 32.4 Å². The maximum absolute atomic E-state index is 11.2. The van der Waals surface area contributed by atoms with Gasteiger partial charge in [-0.25, -0.2) is 0 Å². The average molecular weight is 527 g/mol. The van der Waals surface area contributed by atoms with Crippen molar-refractivity contribution in [2.45, 2.75) is 4.58 Å². The van der Waals surface area contributed by atoms with Crippen LogP contribution in [-0.2, 0) is 9.59 Å². The molecular weight excluding hydrogens is 500 g/mol. The SMILES string of the molecule is O=C(O)CSC(SCC(=O)O)c1ccc(C(=C(c2ccccc2)c2ccccc2)c2ccccc2)cc1. The van der Waals surface area contributed by atoms with Crippen LogP contribution in [0, 0.1) is 0 Å². The molecule has 4 aromatic rings. The smallest absolute Gasteiger partial charge is 0.313 e. The number of benzene rings is 4. The van der Waals surface area contributed by atoms with E-state index in [2.05, 4.69) is 36.4 Å². The monoisotopic (exact) mass is 526 g/mol. The fourth-order valence-corrected chi connectivity index (χ4v) is 6.15. The number of rotatable bonds is 11. The number of carbonyl (C=O) groups is 2. The predicted molar refractivity (Wildman–Crippen MR) is 154 cm³/mol. The van der Waals surface area contributed by atoms with E-state index in [1.54, 1.807) is 0 Å². The van der Waals surface area contributed by atoms with Gasteiger partial charge in [-0.15, -0.1) is 23.5 Å². The first-order chi connectivity index (χ1) is 18.0. The predicted octanol–water partition coefficient (Wildman–Crippen LogP) is 7.33. The van der Waals surface area contributed by atoms with Gasteiger partial charge in [-0.2, -0.15) is 0 Å². The Balaban J connectivity index is 1.84. The fraction of sp³-hybridized carbons (Fsp3) is 0.0968. The van der Waals surface area contributed by atoms with E-state index >= 15 is 0 Å². The van der Waals surface area contributed by atoms with E-state index in [0.717, 1.165) is 39.0 Å². The zero-order valence-electron chi connectivity index (χ0n) is 20.0. The van der Waals surface area contributed by atoms with Crippen molar-refractivity contribution in [3.8, 4) is 0 Å². The lowest BCUT2D eigenvalue weighted by Crippen LogP contribution is -2.04. The summed E-state index contributed by atoms with van der Waals surface area (Å²) >= 11 is 2.45. The summed E-state index contributed by atoms with van der Waals surface area (Å²) in [6, 6.07) is 38.9. The lowest BCUT2D eigenvalue weighted by atomic mass is 9.85. The minimum Gasteiger partial charge on any atom is -0.481 e.